The van der Waals surface area contributed by atoms with Crippen LogP contribution >= 0.6 is 0 Å². The minimum atomic E-state index is -0.798. The van der Waals surface area contributed by atoms with Crippen molar-refractivity contribution in [3.05, 3.63) is 23.8 Å². The molecule has 0 aliphatic carbocycles. The van der Waals surface area contributed by atoms with Crippen molar-refractivity contribution in [1.29, 1.82) is 0 Å². The predicted molar refractivity (Wildman–Crippen MR) is 130 cm³/mol. The Morgan fingerprint density at radius 2 is 1.76 bits per heavy atom. The van der Waals surface area contributed by atoms with Gasteiger partial charge >= 0.3 is 0 Å². The normalized spacial score (nSPS) is 14.1. The molecule has 0 spiro atoms. The van der Waals surface area contributed by atoms with Gasteiger partial charge in [-0.3, -0.25) is 4.79 Å². The van der Waals surface area contributed by atoms with Crippen LogP contribution in [0.3, 0.4) is 0 Å². The van der Waals surface area contributed by atoms with E-state index < -0.39 is 12.1 Å². The van der Waals surface area contributed by atoms with Gasteiger partial charge in [-0.05, 0) is 48.8 Å². The summed E-state index contributed by atoms with van der Waals surface area (Å²) in [4.78, 5) is 11.9. The molecule has 1 rings (SSSR count). The summed E-state index contributed by atoms with van der Waals surface area (Å²) in [5.41, 5.74) is 7.44. The molecule has 0 saturated carbocycles. The summed E-state index contributed by atoms with van der Waals surface area (Å²) in [5, 5.41) is 13.2. The number of rotatable bonds is 18. The highest BCUT2D eigenvalue weighted by atomic mass is 16.5. The average Bonchev–Trinajstić information content (AvgIpc) is 2.80. The van der Waals surface area contributed by atoms with Gasteiger partial charge in [0, 0.05) is 52.9 Å². The number of benzene rings is 1. The number of hydrogen-bond donors (Lipinski definition) is 3. The van der Waals surface area contributed by atoms with Crippen molar-refractivity contribution in [1.82, 2.24) is 5.32 Å². The van der Waals surface area contributed by atoms with E-state index >= 15 is 0 Å². The molecule has 3 atom stereocenters. The van der Waals surface area contributed by atoms with Crippen LogP contribution in [0.25, 0.3) is 0 Å². The fourth-order valence-electron chi connectivity index (χ4n) is 3.58. The van der Waals surface area contributed by atoms with Gasteiger partial charge in [-0.2, -0.15) is 0 Å². The third kappa shape index (κ3) is 11.7. The van der Waals surface area contributed by atoms with Crippen molar-refractivity contribution in [3.8, 4) is 11.5 Å². The molecular weight excluding hydrogens is 424 g/mol. The van der Waals surface area contributed by atoms with Gasteiger partial charge in [-0.25, -0.2) is 0 Å². The van der Waals surface area contributed by atoms with E-state index in [1.54, 1.807) is 21.3 Å². The Bertz CT molecular complexity index is 670. The zero-order valence-electron chi connectivity index (χ0n) is 21.0. The summed E-state index contributed by atoms with van der Waals surface area (Å²) >= 11 is 0. The Morgan fingerprint density at radius 1 is 1.06 bits per heavy atom. The fourth-order valence-corrected chi connectivity index (χ4v) is 3.58. The molecule has 0 aliphatic heterocycles. The Kier molecular flexibility index (Phi) is 14.8. The quantitative estimate of drug-likeness (QED) is 0.284. The van der Waals surface area contributed by atoms with Crippen LogP contribution in [0.1, 0.15) is 45.1 Å². The molecule has 1 aromatic carbocycles. The lowest BCUT2D eigenvalue weighted by Crippen LogP contribution is -2.44. The van der Waals surface area contributed by atoms with Gasteiger partial charge in [0.25, 0.3) is 0 Å². The van der Waals surface area contributed by atoms with Gasteiger partial charge < -0.3 is 35.1 Å². The molecule has 33 heavy (non-hydrogen) atoms. The maximum atomic E-state index is 11.9. The molecule has 0 heterocycles. The van der Waals surface area contributed by atoms with E-state index in [9.17, 15) is 9.90 Å². The lowest BCUT2D eigenvalue weighted by atomic mass is 9.83. The molecule has 0 saturated heterocycles. The molecule has 8 heteroatoms. The van der Waals surface area contributed by atoms with E-state index in [0.29, 0.717) is 56.5 Å². The number of methoxy groups -OCH3 is 3. The van der Waals surface area contributed by atoms with Gasteiger partial charge in [0.15, 0.2) is 11.5 Å². The highest BCUT2D eigenvalue weighted by Crippen LogP contribution is 2.31. The second-order valence-corrected chi connectivity index (χ2v) is 8.76. The Morgan fingerprint density at radius 3 is 2.39 bits per heavy atom. The third-order valence-electron chi connectivity index (χ3n) is 5.75. The Balaban J connectivity index is 2.66. The van der Waals surface area contributed by atoms with Crippen LogP contribution in [0.15, 0.2) is 18.2 Å². The molecule has 0 aliphatic rings. The topological polar surface area (TPSA) is 112 Å². The summed E-state index contributed by atoms with van der Waals surface area (Å²) in [6.07, 6.45) is 2.48. The van der Waals surface area contributed by atoms with E-state index in [1.807, 2.05) is 18.2 Å². The molecule has 0 unspecified atom stereocenters. The lowest BCUT2D eigenvalue weighted by Gasteiger charge is -2.27. The highest BCUT2D eigenvalue weighted by molar-refractivity contribution is 5.75. The second kappa shape index (κ2) is 16.7. The van der Waals surface area contributed by atoms with Crippen LogP contribution in [0.2, 0.25) is 0 Å². The number of carbonyl (C=O) groups is 1. The van der Waals surface area contributed by atoms with E-state index in [2.05, 4.69) is 19.2 Å². The minimum Gasteiger partial charge on any atom is -0.493 e. The van der Waals surface area contributed by atoms with E-state index in [-0.39, 0.29) is 18.4 Å². The van der Waals surface area contributed by atoms with Crippen molar-refractivity contribution >= 4 is 5.91 Å². The van der Waals surface area contributed by atoms with Crippen molar-refractivity contribution < 1.29 is 28.8 Å². The summed E-state index contributed by atoms with van der Waals surface area (Å²) < 4.78 is 21.4. The van der Waals surface area contributed by atoms with Crippen molar-refractivity contribution in [2.75, 3.05) is 47.7 Å². The molecule has 0 radical (unpaired) electrons. The van der Waals surface area contributed by atoms with Crippen molar-refractivity contribution in [3.63, 3.8) is 0 Å². The van der Waals surface area contributed by atoms with E-state index in [4.69, 9.17) is 24.7 Å². The lowest BCUT2D eigenvalue weighted by molar-refractivity contribution is -0.121. The molecule has 0 aromatic heterocycles. The molecular formula is C25H44N2O6. The van der Waals surface area contributed by atoms with E-state index in [1.165, 1.54) is 0 Å². The monoisotopic (exact) mass is 468 g/mol. The summed E-state index contributed by atoms with van der Waals surface area (Å²) in [5.74, 6) is 1.96. The first kappa shape index (κ1) is 29.2. The first-order valence-corrected chi connectivity index (χ1v) is 11.8. The van der Waals surface area contributed by atoms with Crippen LogP contribution < -0.4 is 20.5 Å². The number of carbonyl (C=O) groups excluding carboxylic acids is 1. The number of aliphatic hydroxyl groups excluding tert-OH is 1. The molecule has 190 valence electrons. The second-order valence-electron chi connectivity index (χ2n) is 8.76. The number of nitrogens with one attached hydrogen (secondary N) is 1. The largest absolute Gasteiger partial charge is 0.493 e. The van der Waals surface area contributed by atoms with Gasteiger partial charge in [0.1, 0.15) is 0 Å². The molecule has 0 fully saturated rings. The van der Waals surface area contributed by atoms with Crippen LogP contribution in [0.4, 0.5) is 0 Å². The average molecular weight is 469 g/mol. The molecule has 8 nitrogen and oxygen atoms in total. The first-order valence-electron chi connectivity index (χ1n) is 11.8. The number of aliphatic hydroxyl groups is 1. The van der Waals surface area contributed by atoms with Gasteiger partial charge in [0.2, 0.25) is 5.91 Å². The summed E-state index contributed by atoms with van der Waals surface area (Å²) in [6, 6.07) is 5.55. The maximum Gasteiger partial charge on any atom is 0.220 e. The van der Waals surface area contributed by atoms with Crippen molar-refractivity contribution in [2.45, 2.75) is 58.1 Å². The minimum absolute atomic E-state index is 0.102. The smallest absolute Gasteiger partial charge is 0.220 e. The van der Waals surface area contributed by atoms with Crippen LogP contribution in [-0.4, -0.2) is 70.9 Å². The van der Waals surface area contributed by atoms with E-state index in [0.717, 1.165) is 18.4 Å². The first-order chi connectivity index (χ1) is 15.8. The number of nitrogens with two attached hydrogens (primary N) is 1. The van der Waals surface area contributed by atoms with Crippen LogP contribution in [0.5, 0.6) is 11.5 Å². The SMILES string of the molecule is COCCCOc1cc(C[C@@H](C[C@H](N)[C@@H](O)CNC(=O)CCCOC)C(C)C)ccc1OC. The zero-order valence-corrected chi connectivity index (χ0v) is 21.0. The Hall–Kier alpha value is -1.87. The molecule has 1 amide bonds. The summed E-state index contributed by atoms with van der Waals surface area (Å²) in [7, 11) is 4.91. The van der Waals surface area contributed by atoms with Gasteiger partial charge in [-0.1, -0.05) is 19.9 Å². The molecule has 4 N–H and O–H groups in total. The summed E-state index contributed by atoms with van der Waals surface area (Å²) in [6.45, 7) is 6.21. The number of amides is 1. The fraction of sp³-hybridized carbons (Fsp3) is 0.720. The van der Waals surface area contributed by atoms with Crippen LogP contribution in [0, 0.1) is 11.8 Å². The Labute approximate surface area is 199 Å². The molecule has 0 bridgehead atoms. The standard InChI is InChI=1S/C25H44N2O6/c1-18(2)20(16-21(26)22(28)17-27-25(29)8-6-11-30-3)14-19-9-10-23(32-5)24(15-19)33-13-7-12-31-4/h9-10,15,18,20-22,28H,6-8,11-14,16-17,26H2,1-5H3,(H,27,29)/t20-,21-,22-/m0/s1. The zero-order chi connectivity index (χ0) is 24.6. The number of ether oxygens (including phenoxy) is 4. The van der Waals surface area contributed by atoms with Gasteiger partial charge in [0.05, 0.1) is 19.8 Å². The van der Waals surface area contributed by atoms with Crippen LogP contribution in [-0.2, 0) is 20.7 Å². The predicted octanol–water partition coefficient (Wildman–Crippen LogP) is 2.55. The molecule has 1 aromatic rings. The third-order valence-corrected chi connectivity index (χ3v) is 5.75. The maximum absolute atomic E-state index is 11.9. The highest BCUT2D eigenvalue weighted by Gasteiger charge is 2.23. The van der Waals surface area contributed by atoms with Crippen molar-refractivity contribution in [2.24, 2.45) is 17.6 Å². The number of hydrogen-bond acceptors (Lipinski definition) is 7. The van der Waals surface area contributed by atoms with Gasteiger partial charge in [-0.15, -0.1) is 0 Å².